The van der Waals surface area contributed by atoms with Crippen LogP contribution < -0.4 is 5.30 Å². The molecule has 0 bridgehead atoms. The Labute approximate surface area is 117 Å². The largest absolute Gasteiger partial charge is 0.278 e. The van der Waals surface area contributed by atoms with Crippen molar-refractivity contribution in [2.75, 3.05) is 0 Å². The molecule has 0 saturated heterocycles. The first-order chi connectivity index (χ1) is 7.73. The number of rotatable bonds is 1. The van der Waals surface area contributed by atoms with Gasteiger partial charge in [-0.25, -0.2) is 0 Å². The Bertz CT molecular complexity index is 597. The lowest BCUT2D eigenvalue weighted by molar-refractivity contribution is 0.889. The van der Waals surface area contributed by atoms with Crippen LogP contribution in [0.25, 0.3) is 0 Å². The highest BCUT2D eigenvalue weighted by Crippen LogP contribution is 2.85. The SMILES string of the molecule is FP1(c2ccccc2)=NP(Cl)(Cl)=NP(Cl)(Cl)=N1. The molecular weight excluding hydrogens is 368 g/mol. The molecule has 3 nitrogen and oxygen atoms in total. The summed E-state index contributed by atoms with van der Waals surface area (Å²) in [5.41, 5.74) is 0. The average molecular weight is 373 g/mol. The maximum absolute atomic E-state index is 14.7. The molecule has 0 spiro atoms. The highest BCUT2D eigenvalue weighted by molar-refractivity contribution is 8.21. The van der Waals surface area contributed by atoms with Gasteiger partial charge in [-0.3, -0.25) is 0 Å². The van der Waals surface area contributed by atoms with Crippen molar-refractivity contribution in [2.45, 2.75) is 0 Å². The Morgan fingerprint density at radius 3 is 1.88 bits per heavy atom. The van der Waals surface area contributed by atoms with Gasteiger partial charge in [0, 0.05) is 5.30 Å². The molecular formula is C6H5Cl4FN3P3. The van der Waals surface area contributed by atoms with Crippen molar-refractivity contribution in [3.05, 3.63) is 30.3 Å². The van der Waals surface area contributed by atoms with E-state index in [1.165, 1.54) is 0 Å². The van der Waals surface area contributed by atoms with Gasteiger partial charge >= 0.3 is 0 Å². The van der Waals surface area contributed by atoms with Gasteiger partial charge in [0.25, 0.3) is 19.3 Å². The monoisotopic (exact) mass is 371 g/mol. The van der Waals surface area contributed by atoms with Crippen LogP contribution in [-0.2, 0) is 0 Å². The highest BCUT2D eigenvalue weighted by Gasteiger charge is 2.34. The number of halogens is 5. The van der Waals surface area contributed by atoms with E-state index in [4.69, 9.17) is 45.0 Å². The molecule has 0 radical (unpaired) electrons. The fraction of sp³-hybridized carbons (Fsp3) is 0. The number of hydrogen-bond acceptors (Lipinski definition) is 3. The Balaban J connectivity index is 2.73. The standard InChI is InChI=1S/C6H5Cl4FN3P3/c7-16(8)12-15(11,13-17(9,10)14-16)6-4-2-1-3-5-6/h1-5H. The average Bonchev–Trinajstić information content (AvgIpc) is 2.13. The minimum atomic E-state index is -3.73. The second kappa shape index (κ2) is 4.84. The zero-order valence-corrected chi connectivity index (χ0v) is 13.7. The zero-order chi connectivity index (χ0) is 12.7. The molecule has 94 valence electrons. The molecule has 1 atom stereocenters. The maximum atomic E-state index is 14.7. The Hall–Kier alpha value is 1.00. The Morgan fingerprint density at radius 2 is 1.35 bits per heavy atom. The molecule has 1 aromatic rings. The van der Waals surface area contributed by atoms with Crippen LogP contribution in [-0.4, -0.2) is 0 Å². The molecule has 1 aliphatic heterocycles. The van der Waals surface area contributed by atoms with Crippen LogP contribution in [0.2, 0.25) is 0 Å². The second-order valence-electron chi connectivity index (χ2n) is 3.04. The second-order valence-corrected chi connectivity index (χ2v) is 15.3. The van der Waals surface area contributed by atoms with Gasteiger partial charge in [-0.2, -0.15) is 17.7 Å². The predicted octanol–water partition coefficient (Wildman–Crippen LogP) is 7.17. The van der Waals surface area contributed by atoms with Gasteiger partial charge in [0.1, 0.15) is 0 Å². The quantitative estimate of drug-likeness (QED) is 0.468. The summed E-state index contributed by atoms with van der Waals surface area (Å²) in [5, 5.41) is 0.284. The molecule has 1 aromatic carbocycles. The molecule has 0 aliphatic carbocycles. The van der Waals surface area contributed by atoms with Gasteiger partial charge in [0.2, 0.25) is 0 Å². The fourth-order valence-electron chi connectivity index (χ4n) is 1.19. The number of benzene rings is 1. The topological polar surface area (TPSA) is 37.1 Å². The third-order valence-electron chi connectivity index (χ3n) is 1.75. The van der Waals surface area contributed by atoms with Gasteiger partial charge in [0.05, 0.1) is 0 Å². The van der Waals surface area contributed by atoms with Crippen molar-refractivity contribution < 1.29 is 4.20 Å². The molecule has 1 heterocycles. The first kappa shape index (κ1) is 14.4. The molecule has 17 heavy (non-hydrogen) atoms. The van der Waals surface area contributed by atoms with E-state index in [2.05, 4.69) is 13.5 Å². The van der Waals surface area contributed by atoms with Crippen molar-refractivity contribution in [3.8, 4) is 0 Å². The molecule has 1 unspecified atom stereocenters. The summed E-state index contributed by atoms with van der Waals surface area (Å²) in [6.45, 7) is 0. The van der Waals surface area contributed by atoms with Crippen LogP contribution in [0.4, 0.5) is 4.20 Å². The smallest absolute Gasteiger partial charge is 0.185 e. The lowest BCUT2D eigenvalue weighted by Crippen LogP contribution is -1.98. The van der Waals surface area contributed by atoms with Crippen molar-refractivity contribution in [2.24, 2.45) is 13.5 Å². The molecule has 0 fully saturated rings. The Kier molecular flexibility index (Phi) is 4.10. The molecule has 0 amide bonds. The first-order valence-corrected chi connectivity index (χ1v) is 12.8. The molecule has 0 saturated carbocycles. The van der Waals surface area contributed by atoms with Crippen LogP contribution in [0.3, 0.4) is 0 Å². The van der Waals surface area contributed by atoms with Crippen LogP contribution in [0, 0.1) is 0 Å². The summed E-state index contributed by atoms with van der Waals surface area (Å²) >= 11 is 23.3. The predicted molar refractivity (Wildman–Crippen MR) is 78.6 cm³/mol. The van der Waals surface area contributed by atoms with E-state index in [-0.39, 0.29) is 5.30 Å². The van der Waals surface area contributed by atoms with Crippen LogP contribution in [0.5, 0.6) is 0 Å². The van der Waals surface area contributed by atoms with Gasteiger partial charge in [-0.05, 0) is 57.1 Å². The van der Waals surface area contributed by atoms with Gasteiger partial charge < -0.3 is 0 Å². The van der Waals surface area contributed by atoms with Crippen LogP contribution in [0.1, 0.15) is 0 Å². The third-order valence-corrected chi connectivity index (χ3v) is 12.9. The summed E-state index contributed by atoms with van der Waals surface area (Å²) in [5.74, 6) is -6.37. The van der Waals surface area contributed by atoms with E-state index in [1.807, 2.05) is 0 Å². The minimum Gasteiger partial charge on any atom is -0.185 e. The van der Waals surface area contributed by atoms with E-state index in [9.17, 15) is 4.20 Å². The zero-order valence-electron chi connectivity index (χ0n) is 7.96. The summed E-state index contributed by atoms with van der Waals surface area (Å²) in [7, 11) is -3.73. The van der Waals surface area contributed by atoms with E-state index >= 15 is 0 Å². The number of nitrogens with zero attached hydrogens (tertiary/aromatic N) is 3. The lowest BCUT2D eigenvalue weighted by Gasteiger charge is -2.20. The molecule has 2 rings (SSSR count). The van der Waals surface area contributed by atoms with E-state index in [0.717, 1.165) is 0 Å². The summed E-state index contributed by atoms with van der Waals surface area (Å²) in [6.07, 6.45) is 0. The van der Waals surface area contributed by atoms with Gasteiger partial charge in [0.15, 0.2) is 0 Å². The Morgan fingerprint density at radius 1 is 0.824 bits per heavy atom. The van der Waals surface area contributed by atoms with Crippen molar-refractivity contribution in [1.82, 2.24) is 0 Å². The minimum absolute atomic E-state index is 0.284. The normalized spacial score (nSPS) is 29.7. The van der Waals surface area contributed by atoms with E-state index in [1.54, 1.807) is 30.3 Å². The lowest BCUT2D eigenvalue weighted by atomic mass is 10.4. The van der Waals surface area contributed by atoms with Crippen molar-refractivity contribution in [1.29, 1.82) is 0 Å². The third kappa shape index (κ3) is 3.51. The highest BCUT2D eigenvalue weighted by atomic mass is 35.9. The van der Waals surface area contributed by atoms with Gasteiger partial charge in [-0.15, -0.1) is 0 Å². The fourth-order valence-corrected chi connectivity index (χ4v) is 15.3. The van der Waals surface area contributed by atoms with Crippen molar-refractivity contribution in [3.63, 3.8) is 0 Å². The molecule has 0 aromatic heterocycles. The summed E-state index contributed by atoms with van der Waals surface area (Å²) in [4.78, 5) is 0. The van der Waals surface area contributed by atoms with Crippen molar-refractivity contribution >= 4 is 69.6 Å². The van der Waals surface area contributed by atoms with E-state index in [0.29, 0.717) is 0 Å². The summed E-state index contributed by atoms with van der Waals surface area (Å²) in [6, 6.07) is 8.18. The van der Waals surface area contributed by atoms with Gasteiger partial charge in [-0.1, -0.05) is 18.2 Å². The number of hydrogen-bond donors (Lipinski definition) is 0. The van der Waals surface area contributed by atoms with Crippen LogP contribution in [0.15, 0.2) is 43.9 Å². The first-order valence-electron chi connectivity index (χ1n) is 4.18. The molecule has 1 aliphatic rings. The molecule has 11 heteroatoms. The summed E-state index contributed by atoms with van der Waals surface area (Å²) < 4.78 is 25.9. The van der Waals surface area contributed by atoms with E-state index < -0.39 is 19.3 Å². The molecule has 0 N–H and O–H groups in total. The van der Waals surface area contributed by atoms with Crippen LogP contribution >= 0.6 is 64.3 Å². The maximum Gasteiger partial charge on any atom is 0.278 e.